The number of hydrogen-bond acceptors (Lipinski definition) is 1. The van der Waals surface area contributed by atoms with E-state index in [0.29, 0.717) is 18.7 Å². The molecule has 1 unspecified atom stereocenters. The highest BCUT2D eigenvalue weighted by Crippen LogP contribution is 2.39. The molecule has 0 saturated carbocycles. The Bertz CT molecular complexity index is 130. The molecule has 0 fully saturated rings. The highest BCUT2D eigenvalue weighted by atomic mass is 16.2. The summed E-state index contributed by atoms with van der Waals surface area (Å²) >= 11 is 0. The van der Waals surface area contributed by atoms with Gasteiger partial charge in [-0.1, -0.05) is 41.5 Å². The first-order chi connectivity index (χ1) is 5.17. The Labute approximate surface area is 77.8 Å². The Morgan fingerprint density at radius 1 is 1.08 bits per heavy atom. The maximum Gasteiger partial charge on any atom is 0.274 e. The fourth-order valence-electron chi connectivity index (χ4n) is 1.38. The lowest BCUT2D eigenvalue weighted by molar-refractivity contribution is 0.263. The van der Waals surface area contributed by atoms with E-state index in [2.05, 4.69) is 41.5 Å². The van der Waals surface area contributed by atoms with Crippen LogP contribution in [0.5, 0.6) is 0 Å². The van der Waals surface area contributed by atoms with Gasteiger partial charge >= 0.3 is 0 Å². The largest absolute Gasteiger partial charge is 0.454 e. The van der Waals surface area contributed by atoms with Crippen molar-refractivity contribution in [3.8, 4) is 0 Å². The van der Waals surface area contributed by atoms with Crippen LogP contribution >= 0.6 is 0 Å². The Kier molecular flexibility index (Phi) is 3.83. The Morgan fingerprint density at radius 2 is 1.50 bits per heavy atom. The van der Waals surface area contributed by atoms with Crippen LogP contribution in [-0.4, -0.2) is 12.5 Å². The zero-order valence-corrected chi connectivity index (χ0v) is 9.44. The molecule has 1 nitrogen and oxygen atoms in total. The second-order valence-corrected chi connectivity index (χ2v) is 6.01. The molecule has 0 radical (unpaired) electrons. The molecule has 0 aromatic heterocycles. The van der Waals surface area contributed by atoms with Crippen molar-refractivity contribution in [3.05, 3.63) is 0 Å². The van der Waals surface area contributed by atoms with Gasteiger partial charge in [0.15, 0.2) is 0 Å². The average molecular weight is 170 g/mol. The van der Waals surface area contributed by atoms with Gasteiger partial charge in [-0.15, -0.1) is 0 Å². The Balaban J connectivity index is 4.20. The van der Waals surface area contributed by atoms with Crippen molar-refractivity contribution < 1.29 is 5.02 Å². The summed E-state index contributed by atoms with van der Waals surface area (Å²) in [4.78, 5) is 0. The molecule has 72 valence electrons. The summed E-state index contributed by atoms with van der Waals surface area (Å²) in [5.41, 5.74) is 0.544. The van der Waals surface area contributed by atoms with E-state index in [1.165, 1.54) is 0 Å². The minimum atomic E-state index is 0.224. The molecule has 0 spiro atoms. The van der Waals surface area contributed by atoms with Gasteiger partial charge in [0.2, 0.25) is 0 Å². The van der Waals surface area contributed by atoms with Crippen molar-refractivity contribution in [1.82, 2.24) is 0 Å². The minimum Gasteiger partial charge on any atom is -0.454 e. The van der Waals surface area contributed by atoms with E-state index >= 15 is 0 Å². The third-order valence-corrected chi connectivity index (χ3v) is 2.30. The molecule has 1 atom stereocenters. The van der Waals surface area contributed by atoms with Crippen LogP contribution in [0.4, 0.5) is 0 Å². The van der Waals surface area contributed by atoms with Gasteiger partial charge in [0.05, 0.1) is 0 Å². The lowest BCUT2D eigenvalue weighted by atomic mass is 9.59. The maximum atomic E-state index is 9.22. The molecule has 0 rings (SSSR count). The first kappa shape index (κ1) is 12.0. The van der Waals surface area contributed by atoms with E-state index in [1.54, 1.807) is 0 Å². The van der Waals surface area contributed by atoms with E-state index in [4.69, 9.17) is 0 Å². The van der Waals surface area contributed by atoms with Crippen molar-refractivity contribution in [3.63, 3.8) is 0 Å². The quantitative estimate of drug-likeness (QED) is 0.631. The van der Waals surface area contributed by atoms with Crippen LogP contribution < -0.4 is 0 Å². The summed E-state index contributed by atoms with van der Waals surface area (Å²) in [5.74, 6) is 0.414. The van der Waals surface area contributed by atoms with Gasteiger partial charge in [0, 0.05) is 0 Å². The van der Waals surface area contributed by atoms with Crippen LogP contribution in [0, 0.1) is 10.8 Å². The summed E-state index contributed by atoms with van der Waals surface area (Å²) in [7, 11) is 0.306. The van der Waals surface area contributed by atoms with E-state index < -0.39 is 0 Å². The summed E-state index contributed by atoms with van der Waals surface area (Å²) in [6.07, 6.45) is 1.09. The number of hydrogen-bond donors (Lipinski definition) is 1. The van der Waals surface area contributed by atoms with Gasteiger partial charge in [-0.2, -0.15) is 0 Å². The van der Waals surface area contributed by atoms with Gasteiger partial charge < -0.3 is 5.02 Å². The smallest absolute Gasteiger partial charge is 0.274 e. The van der Waals surface area contributed by atoms with E-state index in [0.717, 1.165) is 6.42 Å². The molecular formula is C10H23BO. The fraction of sp³-hybridized carbons (Fsp3) is 1.00. The maximum absolute atomic E-state index is 9.22. The molecule has 0 aliphatic carbocycles. The molecule has 0 heterocycles. The topological polar surface area (TPSA) is 20.2 Å². The zero-order valence-electron chi connectivity index (χ0n) is 9.44. The molecule has 12 heavy (non-hydrogen) atoms. The highest BCUT2D eigenvalue weighted by Gasteiger charge is 2.28. The lowest BCUT2D eigenvalue weighted by Gasteiger charge is -2.33. The predicted octanol–water partition coefficient (Wildman–Crippen LogP) is 2.60. The second-order valence-electron chi connectivity index (χ2n) is 6.01. The first-order valence-electron chi connectivity index (χ1n) is 4.77. The van der Waals surface area contributed by atoms with Crippen molar-refractivity contribution in [2.24, 2.45) is 10.8 Å². The van der Waals surface area contributed by atoms with Gasteiger partial charge in [-0.05, 0) is 23.1 Å². The highest BCUT2D eigenvalue weighted by molar-refractivity contribution is 6.28. The second kappa shape index (κ2) is 3.82. The van der Waals surface area contributed by atoms with Gasteiger partial charge in [0.1, 0.15) is 0 Å². The van der Waals surface area contributed by atoms with Crippen LogP contribution in [0.15, 0.2) is 0 Å². The monoisotopic (exact) mass is 170 g/mol. The normalized spacial score (nSPS) is 15.9. The minimum absolute atomic E-state index is 0.224. The zero-order chi connectivity index (χ0) is 9.99. The molecular weight excluding hydrogens is 147 g/mol. The third kappa shape index (κ3) is 4.81. The lowest BCUT2D eigenvalue weighted by Crippen LogP contribution is -2.25. The van der Waals surface area contributed by atoms with Crippen LogP contribution in [0.2, 0.25) is 5.82 Å². The van der Waals surface area contributed by atoms with Crippen LogP contribution in [0.3, 0.4) is 0 Å². The summed E-state index contributed by atoms with van der Waals surface area (Å²) < 4.78 is 0. The molecule has 1 N–H and O–H groups in total. The molecule has 0 saturated heterocycles. The van der Waals surface area contributed by atoms with Gasteiger partial charge in [0.25, 0.3) is 7.48 Å². The van der Waals surface area contributed by atoms with Crippen molar-refractivity contribution in [2.45, 2.75) is 53.8 Å². The summed E-state index contributed by atoms with van der Waals surface area (Å²) in [6, 6.07) is 0. The molecule has 2 heteroatoms. The fourth-order valence-corrected chi connectivity index (χ4v) is 1.38. The SMILES string of the molecule is CC(C)(C)CC(BO)C(C)(C)C. The van der Waals surface area contributed by atoms with Crippen LogP contribution in [0.1, 0.15) is 48.0 Å². The molecule has 0 bridgehead atoms. The molecule has 0 aromatic carbocycles. The Morgan fingerprint density at radius 3 is 1.58 bits per heavy atom. The van der Waals surface area contributed by atoms with E-state index in [1.807, 2.05) is 0 Å². The Hall–Kier alpha value is 0.0249. The molecule has 0 amide bonds. The standard InChI is InChI=1S/C10H23BO/c1-9(2,3)7-8(11-12)10(4,5)6/h8,11-12H,7H2,1-6H3. The van der Waals surface area contributed by atoms with Gasteiger partial charge in [-0.25, -0.2) is 0 Å². The van der Waals surface area contributed by atoms with Crippen molar-refractivity contribution in [1.29, 1.82) is 0 Å². The van der Waals surface area contributed by atoms with E-state index in [-0.39, 0.29) is 5.41 Å². The van der Waals surface area contributed by atoms with Crippen molar-refractivity contribution >= 4 is 7.48 Å². The van der Waals surface area contributed by atoms with Crippen molar-refractivity contribution in [2.75, 3.05) is 0 Å². The first-order valence-corrected chi connectivity index (χ1v) is 4.77. The summed E-state index contributed by atoms with van der Waals surface area (Å²) in [5, 5.41) is 9.22. The molecule has 0 aromatic rings. The van der Waals surface area contributed by atoms with Gasteiger partial charge in [-0.3, -0.25) is 0 Å². The summed E-state index contributed by atoms with van der Waals surface area (Å²) in [6.45, 7) is 13.3. The van der Waals surface area contributed by atoms with Crippen LogP contribution in [-0.2, 0) is 0 Å². The predicted molar refractivity (Wildman–Crippen MR) is 56.6 cm³/mol. The average Bonchev–Trinajstić information content (AvgIpc) is 1.78. The number of rotatable bonds is 2. The molecule has 0 aliphatic rings. The van der Waals surface area contributed by atoms with Crippen LogP contribution in [0.25, 0.3) is 0 Å². The molecule has 0 aliphatic heterocycles. The third-order valence-electron chi connectivity index (χ3n) is 2.30. The van der Waals surface area contributed by atoms with E-state index in [9.17, 15) is 5.02 Å².